The number of hydrogen-bond acceptors (Lipinski definition) is 4. The summed E-state index contributed by atoms with van der Waals surface area (Å²) in [6.45, 7) is 5.19. The van der Waals surface area contributed by atoms with Crippen molar-refractivity contribution in [3.8, 4) is 0 Å². The second-order valence-electron chi connectivity index (χ2n) is 7.60. The van der Waals surface area contributed by atoms with Gasteiger partial charge in [-0.3, -0.25) is 9.69 Å². The van der Waals surface area contributed by atoms with Crippen LogP contribution in [0.3, 0.4) is 0 Å². The molecule has 0 bridgehead atoms. The standard InChI is InChI=1S/C17H20F3N3O3/c1-16(2,3)26-15(25)23-10-7-9(10)8-11(23)14(24)22-13-6-4-5-12(21-13)17(18,19)20/h4-6,9-11H,7-8H2,1-3H3,(H,21,22,24)/t9-,10-,11+/m1/s1. The lowest BCUT2D eigenvalue weighted by Crippen LogP contribution is -2.47. The van der Waals surface area contributed by atoms with E-state index in [9.17, 15) is 22.8 Å². The molecule has 9 heteroatoms. The highest BCUT2D eigenvalue weighted by Crippen LogP contribution is 2.48. The Balaban J connectivity index is 1.72. The summed E-state index contributed by atoms with van der Waals surface area (Å²) >= 11 is 0. The third-order valence-corrected chi connectivity index (χ3v) is 4.30. The fourth-order valence-corrected chi connectivity index (χ4v) is 3.14. The summed E-state index contributed by atoms with van der Waals surface area (Å²) in [5.74, 6) is -0.530. The predicted octanol–water partition coefficient (Wildman–Crippen LogP) is 3.44. The molecule has 2 aliphatic rings. The molecule has 1 aliphatic carbocycles. The molecule has 2 amide bonds. The molecule has 0 unspecified atom stereocenters. The maximum absolute atomic E-state index is 12.7. The van der Waals surface area contributed by atoms with E-state index in [1.165, 1.54) is 17.0 Å². The zero-order chi connectivity index (χ0) is 19.3. The Morgan fingerprint density at radius 3 is 2.54 bits per heavy atom. The Kier molecular flexibility index (Phi) is 4.36. The third kappa shape index (κ3) is 3.91. The molecule has 2 fully saturated rings. The number of alkyl halides is 3. The normalized spacial score (nSPS) is 24.8. The van der Waals surface area contributed by atoms with Crippen molar-refractivity contribution in [2.45, 2.75) is 57.5 Å². The average molecular weight is 371 g/mol. The van der Waals surface area contributed by atoms with Crippen LogP contribution in [-0.2, 0) is 15.7 Å². The summed E-state index contributed by atoms with van der Waals surface area (Å²) in [6, 6.07) is 2.46. The number of piperidine rings is 1. The molecule has 1 N–H and O–H groups in total. The quantitative estimate of drug-likeness (QED) is 0.865. The zero-order valence-corrected chi connectivity index (χ0v) is 14.6. The summed E-state index contributed by atoms with van der Waals surface area (Å²) in [7, 11) is 0. The van der Waals surface area contributed by atoms with Crippen LogP contribution >= 0.6 is 0 Å². The van der Waals surface area contributed by atoms with Gasteiger partial charge in [0, 0.05) is 6.04 Å². The molecule has 26 heavy (non-hydrogen) atoms. The largest absolute Gasteiger partial charge is 0.444 e. The summed E-state index contributed by atoms with van der Waals surface area (Å²) in [5.41, 5.74) is -1.79. The number of carbonyl (C=O) groups excluding carboxylic acids is 2. The maximum Gasteiger partial charge on any atom is 0.433 e. The second-order valence-corrected chi connectivity index (χ2v) is 7.60. The number of carbonyl (C=O) groups is 2. The van der Waals surface area contributed by atoms with Gasteiger partial charge in [-0.25, -0.2) is 9.78 Å². The number of rotatable bonds is 2. The molecule has 1 saturated heterocycles. The van der Waals surface area contributed by atoms with Crippen molar-refractivity contribution in [3.05, 3.63) is 23.9 Å². The van der Waals surface area contributed by atoms with Crippen LogP contribution in [0.25, 0.3) is 0 Å². The molecule has 2 heterocycles. The number of nitrogens with zero attached hydrogens (tertiary/aromatic N) is 2. The molecule has 1 aromatic heterocycles. The number of aromatic nitrogens is 1. The Bertz CT molecular complexity index is 730. The van der Waals surface area contributed by atoms with Gasteiger partial charge >= 0.3 is 12.3 Å². The van der Waals surface area contributed by atoms with Gasteiger partial charge in [0.25, 0.3) is 0 Å². The summed E-state index contributed by atoms with van der Waals surface area (Å²) in [5, 5.41) is 2.39. The highest BCUT2D eigenvalue weighted by atomic mass is 19.4. The minimum Gasteiger partial charge on any atom is -0.444 e. The molecule has 0 spiro atoms. The van der Waals surface area contributed by atoms with Gasteiger partial charge in [0.15, 0.2) is 0 Å². The lowest BCUT2D eigenvalue weighted by atomic mass is 10.1. The molecule has 0 aromatic carbocycles. The molecular weight excluding hydrogens is 351 g/mol. The van der Waals surface area contributed by atoms with Gasteiger partial charge in [0.2, 0.25) is 5.91 Å². The van der Waals surface area contributed by atoms with Crippen molar-refractivity contribution < 1.29 is 27.5 Å². The smallest absolute Gasteiger partial charge is 0.433 e. The van der Waals surface area contributed by atoms with Crippen LogP contribution in [0.4, 0.5) is 23.8 Å². The summed E-state index contributed by atoms with van der Waals surface area (Å²) in [6.07, 6.45) is -3.91. The number of anilines is 1. The zero-order valence-electron chi connectivity index (χ0n) is 14.6. The summed E-state index contributed by atoms with van der Waals surface area (Å²) < 4.78 is 43.6. The van der Waals surface area contributed by atoms with Gasteiger partial charge in [-0.05, 0) is 51.7 Å². The number of hydrogen-bond donors (Lipinski definition) is 1. The van der Waals surface area contributed by atoms with E-state index in [0.717, 1.165) is 12.5 Å². The summed E-state index contributed by atoms with van der Waals surface area (Å²) in [4.78, 5) is 29.8. The molecule has 3 atom stereocenters. The Morgan fingerprint density at radius 2 is 1.92 bits per heavy atom. The number of pyridine rings is 1. The number of fused-ring (bicyclic) bond motifs is 1. The molecule has 1 aromatic rings. The van der Waals surface area contributed by atoms with Crippen LogP contribution in [-0.4, -0.2) is 39.6 Å². The number of nitrogens with one attached hydrogen (secondary N) is 1. The fourth-order valence-electron chi connectivity index (χ4n) is 3.14. The number of amides is 2. The van der Waals surface area contributed by atoms with Crippen molar-refractivity contribution in [1.82, 2.24) is 9.88 Å². The first kappa shape index (κ1) is 18.5. The van der Waals surface area contributed by atoms with Crippen molar-refractivity contribution >= 4 is 17.8 Å². The Morgan fingerprint density at radius 1 is 1.23 bits per heavy atom. The molecular formula is C17H20F3N3O3. The van der Waals surface area contributed by atoms with Crippen LogP contribution in [0.5, 0.6) is 0 Å². The van der Waals surface area contributed by atoms with Gasteiger partial charge in [0.05, 0.1) is 0 Å². The molecule has 3 rings (SSSR count). The van der Waals surface area contributed by atoms with Crippen LogP contribution in [0.1, 0.15) is 39.3 Å². The SMILES string of the molecule is CC(C)(C)OC(=O)N1[C@@H]2C[C@@H]2C[C@H]1C(=O)Nc1cccc(C(F)(F)F)n1. The van der Waals surface area contributed by atoms with E-state index < -0.39 is 35.5 Å². The van der Waals surface area contributed by atoms with Gasteiger partial charge in [-0.1, -0.05) is 6.07 Å². The predicted molar refractivity (Wildman–Crippen MR) is 86.2 cm³/mol. The monoisotopic (exact) mass is 371 g/mol. The molecule has 142 valence electrons. The highest BCUT2D eigenvalue weighted by Gasteiger charge is 2.57. The minimum absolute atomic E-state index is 0.0462. The lowest BCUT2D eigenvalue weighted by Gasteiger charge is -2.29. The number of likely N-dealkylation sites (tertiary alicyclic amines) is 1. The topological polar surface area (TPSA) is 71.5 Å². The van der Waals surface area contributed by atoms with Crippen LogP contribution in [0, 0.1) is 5.92 Å². The second kappa shape index (κ2) is 6.14. The minimum atomic E-state index is -4.60. The first-order valence-electron chi connectivity index (χ1n) is 8.32. The first-order chi connectivity index (χ1) is 12.0. The van der Waals surface area contributed by atoms with E-state index in [-0.39, 0.29) is 17.8 Å². The van der Waals surface area contributed by atoms with E-state index in [0.29, 0.717) is 6.42 Å². The van der Waals surface area contributed by atoms with Crippen molar-refractivity contribution in [1.29, 1.82) is 0 Å². The van der Waals surface area contributed by atoms with Crippen molar-refractivity contribution in [2.24, 2.45) is 5.92 Å². The molecule has 1 aliphatic heterocycles. The Hall–Kier alpha value is -2.32. The highest BCUT2D eigenvalue weighted by molar-refractivity contribution is 5.96. The van der Waals surface area contributed by atoms with Gasteiger partial charge in [-0.2, -0.15) is 13.2 Å². The molecule has 1 saturated carbocycles. The Labute approximate surface area is 148 Å². The van der Waals surface area contributed by atoms with E-state index in [2.05, 4.69) is 10.3 Å². The van der Waals surface area contributed by atoms with Crippen molar-refractivity contribution in [3.63, 3.8) is 0 Å². The number of ether oxygens (including phenoxy) is 1. The van der Waals surface area contributed by atoms with Crippen LogP contribution < -0.4 is 5.32 Å². The van der Waals surface area contributed by atoms with Gasteiger partial charge < -0.3 is 10.1 Å². The van der Waals surface area contributed by atoms with E-state index >= 15 is 0 Å². The average Bonchev–Trinajstić information content (AvgIpc) is 3.14. The molecule has 0 radical (unpaired) electrons. The van der Waals surface area contributed by atoms with Gasteiger partial charge in [0.1, 0.15) is 23.2 Å². The van der Waals surface area contributed by atoms with Crippen molar-refractivity contribution in [2.75, 3.05) is 5.32 Å². The first-order valence-corrected chi connectivity index (χ1v) is 8.32. The third-order valence-electron chi connectivity index (χ3n) is 4.30. The molecule has 6 nitrogen and oxygen atoms in total. The van der Waals surface area contributed by atoms with Crippen LogP contribution in [0.15, 0.2) is 18.2 Å². The van der Waals surface area contributed by atoms with E-state index in [1.807, 2.05) is 0 Å². The van der Waals surface area contributed by atoms with E-state index in [1.54, 1.807) is 20.8 Å². The van der Waals surface area contributed by atoms with Crippen LogP contribution in [0.2, 0.25) is 0 Å². The van der Waals surface area contributed by atoms with Gasteiger partial charge in [-0.15, -0.1) is 0 Å². The fraction of sp³-hybridized carbons (Fsp3) is 0.588. The number of halogens is 3. The van der Waals surface area contributed by atoms with E-state index in [4.69, 9.17) is 4.74 Å². The maximum atomic E-state index is 12.7. The lowest BCUT2D eigenvalue weighted by molar-refractivity contribution is -0.141.